The lowest BCUT2D eigenvalue weighted by molar-refractivity contribution is 1.50. The van der Waals surface area contributed by atoms with Gasteiger partial charge in [-0.05, 0) is 11.3 Å². The highest BCUT2D eigenvalue weighted by Gasteiger charge is 2.22. The van der Waals surface area contributed by atoms with Crippen molar-refractivity contribution in [3.05, 3.63) is 29.8 Å². The van der Waals surface area contributed by atoms with Gasteiger partial charge in [0.15, 0.2) is 7.38 Å². The molecule has 0 heterocycles. The van der Waals surface area contributed by atoms with E-state index in [1.807, 2.05) is 37.4 Å². The Bertz CT molecular complexity index is 322. The predicted octanol–water partition coefficient (Wildman–Crippen LogP) is 2.21. The smallest absolute Gasteiger partial charge is 0.182 e. The molecule has 12 heavy (non-hydrogen) atoms. The molecule has 0 aromatic heterocycles. The maximum atomic E-state index is 8.80. The number of nitrogens with zero attached hydrogens (tertiary/aromatic N) is 1. The Kier molecular flexibility index (Phi) is 2.56. The Hall–Kier alpha value is -0.783. The second-order valence-corrected chi connectivity index (χ2v) is 9.45. The van der Waals surface area contributed by atoms with E-state index in [0.717, 1.165) is 5.19 Å². The molecule has 0 unspecified atom stereocenters. The Balaban J connectivity index is 3.26. The first-order valence-corrected chi connectivity index (χ1v) is 7.75. The molecule has 0 spiro atoms. The minimum Gasteiger partial charge on any atom is -0.192 e. The van der Waals surface area contributed by atoms with Gasteiger partial charge in [0.25, 0.3) is 0 Å². The second kappa shape index (κ2) is 3.30. The molecular formula is C9H10ClNSi. The molecule has 0 amide bonds. The van der Waals surface area contributed by atoms with Gasteiger partial charge in [0.1, 0.15) is 0 Å². The first-order valence-electron chi connectivity index (χ1n) is 3.74. The highest BCUT2D eigenvalue weighted by molar-refractivity contribution is 7.26. The van der Waals surface area contributed by atoms with Crippen LogP contribution >= 0.6 is 11.1 Å². The molecule has 1 aromatic rings. The molecule has 0 bridgehead atoms. The summed E-state index contributed by atoms with van der Waals surface area (Å²) < 4.78 is 0. The summed E-state index contributed by atoms with van der Waals surface area (Å²) in [6, 6.07) is 9.69. The zero-order valence-electron chi connectivity index (χ0n) is 7.13. The van der Waals surface area contributed by atoms with Gasteiger partial charge >= 0.3 is 0 Å². The van der Waals surface area contributed by atoms with Crippen LogP contribution in [0.3, 0.4) is 0 Å². The van der Waals surface area contributed by atoms with Crippen LogP contribution < -0.4 is 5.19 Å². The SMILES string of the molecule is C[Si](C)(Cl)c1ccccc1C#N. The maximum absolute atomic E-state index is 8.80. The molecule has 3 heteroatoms. The maximum Gasteiger partial charge on any atom is 0.182 e. The molecule has 0 N–H and O–H groups in total. The average Bonchev–Trinajstić information content (AvgIpc) is 2.03. The third-order valence-electron chi connectivity index (χ3n) is 1.69. The van der Waals surface area contributed by atoms with E-state index in [9.17, 15) is 0 Å². The van der Waals surface area contributed by atoms with Crippen molar-refractivity contribution in [2.45, 2.75) is 13.1 Å². The Morgan fingerprint density at radius 3 is 2.33 bits per heavy atom. The van der Waals surface area contributed by atoms with Crippen LogP contribution in [0, 0.1) is 11.3 Å². The molecule has 0 radical (unpaired) electrons. The molecule has 0 aliphatic heterocycles. The fourth-order valence-corrected chi connectivity index (χ4v) is 2.87. The molecular weight excluding hydrogens is 186 g/mol. The minimum absolute atomic E-state index is 0.712. The van der Waals surface area contributed by atoms with E-state index in [4.69, 9.17) is 16.3 Å². The fraction of sp³-hybridized carbons (Fsp3) is 0.222. The van der Waals surface area contributed by atoms with Crippen molar-refractivity contribution in [1.29, 1.82) is 5.26 Å². The number of halogens is 1. The Morgan fingerprint density at radius 1 is 1.33 bits per heavy atom. The summed E-state index contributed by atoms with van der Waals surface area (Å²) in [4.78, 5) is 0. The van der Waals surface area contributed by atoms with E-state index in [1.54, 1.807) is 0 Å². The molecule has 0 saturated carbocycles. The van der Waals surface area contributed by atoms with Gasteiger partial charge in [0, 0.05) is 0 Å². The fourth-order valence-electron chi connectivity index (χ4n) is 1.10. The average molecular weight is 196 g/mol. The van der Waals surface area contributed by atoms with Crippen molar-refractivity contribution in [2.75, 3.05) is 0 Å². The van der Waals surface area contributed by atoms with E-state index in [-0.39, 0.29) is 0 Å². The Labute approximate surface area is 78.3 Å². The highest BCUT2D eigenvalue weighted by Crippen LogP contribution is 2.10. The topological polar surface area (TPSA) is 23.8 Å². The van der Waals surface area contributed by atoms with Gasteiger partial charge in [-0.25, -0.2) is 0 Å². The summed E-state index contributed by atoms with van der Waals surface area (Å²) in [6.45, 7) is 4.04. The first kappa shape index (κ1) is 9.31. The van der Waals surface area contributed by atoms with Gasteiger partial charge in [-0.3, -0.25) is 0 Å². The van der Waals surface area contributed by atoms with Crippen molar-refractivity contribution in [2.24, 2.45) is 0 Å². The van der Waals surface area contributed by atoms with Crippen molar-refractivity contribution >= 4 is 23.6 Å². The van der Waals surface area contributed by atoms with Crippen molar-refractivity contribution in [3.8, 4) is 6.07 Å². The van der Waals surface area contributed by atoms with Gasteiger partial charge < -0.3 is 0 Å². The summed E-state index contributed by atoms with van der Waals surface area (Å²) in [7, 11) is -1.85. The van der Waals surface area contributed by atoms with Crippen LogP contribution in [-0.2, 0) is 0 Å². The number of hydrogen-bond donors (Lipinski definition) is 0. The van der Waals surface area contributed by atoms with Gasteiger partial charge in [-0.1, -0.05) is 31.3 Å². The Morgan fingerprint density at radius 2 is 1.92 bits per heavy atom. The largest absolute Gasteiger partial charge is 0.192 e. The number of nitriles is 1. The van der Waals surface area contributed by atoms with E-state index in [2.05, 4.69) is 6.07 Å². The molecule has 0 atom stereocenters. The standard InChI is InChI=1S/C9H10ClNSi/c1-12(2,10)9-6-4-3-5-8(9)7-11/h3-6H,1-2H3. The van der Waals surface area contributed by atoms with E-state index < -0.39 is 7.38 Å². The predicted molar refractivity (Wildman–Crippen MR) is 54.1 cm³/mol. The number of benzene rings is 1. The van der Waals surface area contributed by atoms with Gasteiger partial charge in [-0.15, -0.1) is 0 Å². The van der Waals surface area contributed by atoms with Crippen LogP contribution in [0.15, 0.2) is 24.3 Å². The third kappa shape index (κ3) is 1.88. The molecule has 1 rings (SSSR count). The molecule has 0 saturated heterocycles. The second-order valence-electron chi connectivity index (χ2n) is 3.13. The van der Waals surface area contributed by atoms with E-state index >= 15 is 0 Å². The monoisotopic (exact) mass is 195 g/mol. The van der Waals surface area contributed by atoms with Gasteiger partial charge in [0.05, 0.1) is 11.6 Å². The summed E-state index contributed by atoms with van der Waals surface area (Å²) in [5, 5.41) is 9.82. The van der Waals surface area contributed by atoms with Crippen LogP contribution in [0.25, 0.3) is 0 Å². The van der Waals surface area contributed by atoms with Crippen LogP contribution in [0.2, 0.25) is 13.1 Å². The molecule has 1 nitrogen and oxygen atoms in total. The first-order chi connectivity index (χ1) is 5.55. The zero-order chi connectivity index (χ0) is 9.19. The molecule has 0 fully saturated rings. The van der Waals surface area contributed by atoms with E-state index in [1.165, 1.54) is 0 Å². The lowest BCUT2D eigenvalue weighted by Gasteiger charge is -2.14. The highest BCUT2D eigenvalue weighted by atomic mass is 35.6. The molecule has 0 aliphatic carbocycles. The van der Waals surface area contributed by atoms with Crippen molar-refractivity contribution in [1.82, 2.24) is 0 Å². The van der Waals surface area contributed by atoms with Crippen molar-refractivity contribution in [3.63, 3.8) is 0 Å². The van der Waals surface area contributed by atoms with Crippen LogP contribution in [0.1, 0.15) is 5.56 Å². The lowest BCUT2D eigenvalue weighted by Crippen LogP contribution is -2.37. The summed E-state index contributed by atoms with van der Waals surface area (Å²) in [5.74, 6) is 0. The molecule has 62 valence electrons. The lowest BCUT2D eigenvalue weighted by atomic mass is 10.2. The van der Waals surface area contributed by atoms with E-state index in [0.29, 0.717) is 5.56 Å². The van der Waals surface area contributed by atoms with Crippen LogP contribution in [0.4, 0.5) is 0 Å². The molecule has 1 aromatic carbocycles. The van der Waals surface area contributed by atoms with Crippen LogP contribution in [0.5, 0.6) is 0 Å². The minimum atomic E-state index is -1.85. The number of hydrogen-bond acceptors (Lipinski definition) is 1. The summed E-state index contributed by atoms with van der Waals surface area (Å²) in [5.41, 5.74) is 0.712. The van der Waals surface area contributed by atoms with Gasteiger partial charge in [-0.2, -0.15) is 16.3 Å². The normalized spacial score (nSPS) is 10.8. The van der Waals surface area contributed by atoms with Gasteiger partial charge in [0.2, 0.25) is 0 Å². The summed E-state index contributed by atoms with van der Waals surface area (Å²) >= 11 is 6.23. The van der Waals surface area contributed by atoms with Crippen molar-refractivity contribution < 1.29 is 0 Å². The summed E-state index contributed by atoms with van der Waals surface area (Å²) in [6.07, 6.45) is 0. The quantitative estimate of drug-likeness (QED) is 0.498. The third-order valence-corrected chi connectivity index (χ3v) is 4.02. The molecule has 0 aliphatic rings. The zero-order valence-corrected chi connectivity index (χ0v) is 8.89. The van der Waals surface area contributed by atoms with Crippen LogP contribution in [-0.4, -0.2) is 7.38 Å². The number of rotatable bonds is 1.